The van der Waals surface area contributed by atoms with Crippen molar-refractivity contribution in [3.8, 4) is 5.75 Å². The Morgan fingerprint density at radius 2 is 2.15 bits per heavy atom. The number of hydrogen-bond acceptors (Lipinski definition) is 3. The summed E-state index contributed by atoms with van der Waals surface area (Å²) in [5.74, 6) is 0.465. The topological polar surface area (TPSA) is 54.9 Å². The number of hydrogen-bond donors (Lipinski definition) is 2. The minimum absolute atomic E-state index is 0.0254. The van der Waals surface area contributed by atoms with Gasteiger partial charge in [-0.05, 0) is 31.9 Å². The second kappa shape index (κ2) is 11.3. The van der Waals surface area contributed by atoms with E-state index in [9.17, 15) is 8.78 Å². The molecule has 0 atom stereocenters. The highest BCUT2D eigenvalue weighted by Crippen LogP contribution is 2.34. The maximum absolute atomic E-state index is 12.7. The van der Waals surface area contributed by atoms with Gasteiger partial charge in [0.25, 0.3) is 0 Å². The summed E-state index contributed by atoms with van der Waals surface area (Å²) in [5, 5.41) is 6.71. The summed E-state index contributed by atoms with van der Waals surface area (Å²) < 4.78 is 35.1. The summed E-state index contributed by atoms with van der Waals surface area (Å²) in [5.41, 5.74) is 1.73. The molecule has 0 aromatic heterocycles. The van der Waals surface area contributed by atoms with E-state index >= 15 is 0 Å². The molecule has 9 heteroatoms. The minimum Gasteiger partial charge on any atom is -0.433 e. The van der Waals surface area contributed by atoms with Crippen molar-refractivity contribution in [1.82, 2.24) is 10.6 Å². The Morgan fingerprint density at radius 3 is 2.81 bits per heavy atom. The molecule has 0 bridgehead atoms. The SMILES string of the molecule is CCNC(=NCc1cc(Cl)cc(Cl)c1OC(F)F)NCCC1=CCOCC1. The van der Waals surface area contributed by atoms with Gasteiger partial charge in [-0.1, -0.05) is 34.9 Å². The molecule has 27 heavy (non-hydrogen) atoms. The molecule has 2 N–H and O–H groups in total. The summed E-state index contributed by atoms with van der Waals surface area (Å²) >= 11 is 12.0. The molecule has 1 heterocycles. The first-order valence-electron chi connectivity index (χ1n) is 8.70. The average Bonchev–Trinajstić information content (AvgIpc) is 2.63. The normalized spacial score (nSPS) is 14.9. The lowest BCUT2D eigenvalue weighted by Crippen LogP contribution is -2.38. The van der Waals surface area contributed by atoms with Gasteiger partial charge in [-0.25, -0.2) is 4.99 Å². The van der Waals surface area contributed by atoms with Crippen molar-refractivity contribution in [1.29, 1.82) is 0 Å². The summed E-state index contributed by atoms with van der Waals surface area (Å²) in [6.07, 6.45) is 3.92. The van der Waals surface area contributed by atoms with Crippen molar-refractivity contribution in [2.45, 2.75) is 32.9 Å². The van der Waals surface area contributed by atoms with E-state index in [1.54, 1.807) is 0 Å². The van der Waals surface area contributed by atoms with Gasteiger partial charge in [-0.2, -0.15) is 8.78 Å². The van der Waals surface area contributed by atoms with Crippen LogP contribution in [0.25, 0.3) is 0 Å². The highest BCUT2D eigenvalue weighted by atomic mass is 35.5. The summed E-state index contributed by atoms with van der Waals surface area (Å²) in [6, 6.07) is 2.88. The molecule has 1 aliphatic heterocycles. The summed E-state index contributed by atoms with van der Waals surface area (Å²) in [6.45, 7) is 1.83. The number of nitrogens with one attached hydrogen (secondary N) is 2. The molecule has 1 aromatic carbocycles. The maximum Gasteiger partial charge on any atom is 0.387 e. The van der Waals surface area contributed by atoms with Crippen LogP contribution in [0.3, 0.4) is 0 Å². The molecular weight excluding hydrogens is 399 g/mol. The Kier molecular flexibility index (Phi) is 9.10. The van der Waals surface area contributed by atoms with Crippen molar-refractivity contribution in [3.63, 3.8) is 0 Å². The number of rotatable bonds is 8. The molecule has 2 rings (SSSR count). The molecule has 0 aliphatic carbocycles. The Hall–Kier alpha value is -1.57. The first kappa shape index (κ1) is 21.7. The molecular formula is C18H23Cl2F2N3O2. The standard InChI is InChI=1S/C18H23Cl2F2N3O2/c1-2-23-18(24-6-3-12-4-7-26-8-5-12)25-11-13-9-14(19)10-15(20)16(13)27-17(21)22/h4,9-10,17H,2-3,5-8,11H2,1H3,(H2,23,24,25). The predicted molar refractivity (Wildman–Crippen MR) is 104 cm³/mol. The number of aliphatic imine (C=N–C) groups is 1. The largest absolute Gasteiger partial charge is 0.433 e. The molecule has 0 unspecified atom stereocenters. The maximum atomic E-state index is 12.7. The van der Waals surface area contributed by atoms with Gasteiger partial charge in [0, 0.05) is 23.7 Å². The van der Waals surface area contributed by atoms with Crippen LogP contribution in [0.2, 0.25) is 10.0 Å². The molecule has 0 spiro atoms. The van der Waals surface area contributed by atoms with E-state index in [0.29, 0.717) is 36.2 Å². The highest BCUT2D eigenvalue weighted by molar-refractivity contribution is 6.35. The number of benzene rings is 1. The van der Waals surface area contributed by atoms with E-state index in [4.69, 9.17) is 27.9 Å². The zero-order valence-electron chi connectivity index (χ0n) is 15.0. The van der Waals surface area contributed by atoms with Gasteiger partial charge in [-0.15, -0.1) is 0 Å². The van der Waals surface area contributed by atoms with E-state index in [1.165, 1.54) is 17.7 Å². The first-order valence-corrected chi connectivity index (χ1v) is 9.45. The lowest BCUT2D eigenvalue weighted by Gasteiger charge is -2.16. The van der Waals surface area contributed by atoms with Gasteiger partial charge in [0.2, 0.25) is 0 Å². The van der Waals surface area contributed by atoms with Crippen molar-refractivity contribution in [3.05, 3.63) is 39.4 Å². The number of guanidine groups is 1. The molecule has 1 aliphatic rings. The number of nitrogens with zero attached hydrogens (tertiary/aromatic N) is 1. The zero-order chi connectivity index (χ0) is 19.6. The van der Waals surface area contributed by atoms with E-state index in [2.05, 4.69) is 26.4 Å². The van der Waals surface area contributed by atoms with Crippen molar-refractivity contribution < 1.29 is 18.3 Å². The molecule has 0 saturated carbocycles. The second-order valence-electron chi connectivity index (χ2n) is 5.81. The van der Waals surface area contributed by atoms with E-state index in [0.717, 1.165) is 19.4 Å². The van der Waals surface area contributed by atoms with E-state index in [1.807, 2.05) is 6.92 Å². The van der Waals surface area contributed by atoms with Crippen molar-refractivity contribution in [2.24, 2.45) is 4.99 Å². The molecule has 1 aromatic rings. The number of halogens is 4. The smallest absolute Gasteiger partial charge is 0.387 e. The average molecular weight is 422 g/mol. The van der Waals surface area contributed by atoms with Crippen LogP contribution in [0, 0.1) is 0 Å². The summed E-state index contributed by atoms with van der Waals surface area (Å²) in [7, 11) is 0. The van der Waals surface area contributed by atoms with Gasteiger partial charge in [0.05, 0.1) is 24.8 Å². The summed E-state index contributed by atoms with van der Waals surface area (Å²) in [4.78, 5) is 4.42. The monoisotopic (exact) mass is 421 g/mol. The van der Waals surface area contributed by atoms with Gasteiger partial charge in [-0.3, -0.25) is 0 Å². The van der Waals surface area contributed by atoms with Gasteiger partial charge in [0.1, 0.15) is 5.75 Å². The van der Waals surface area contributed by atoms with Gasteiger partial charge >= 0.3 is 6.61 Å². The van der Waals surface area contributed by atoms with E-state index in [-0.39, 0.29) is 17.3 Å². The third kappa shape index (κ3) is 7.52. The first-order chi connectivity index (χ1) is 13.0. The molecule has 0 amide bonds. The van der Waals surface area contributed by atoms with Gasteiger partial charge in [0.15, 0.2) is 5.96 Å². The highest BCUT2D eigenvalue weighted by Gasteiger charge is 2.15. The molecule has 0 radical (unpaired) electrons. The quantitative estimate of drug-likeness (QED) is 0.371. The fraction of sp³-hybridized carbons (Fsp3) is 0.500. The predicted octanol–water partition coefficient (Wildman–Crippen LogP) is 4.39. The lowest BCUT2D eigenvalue weighted by molar-refractivity contribution is -0.0503. The van der Waals surface area contributed by atoms with Crippen molar-refractivity contribution >= 4 is 29.2 Å². The minimum atomic E-state index is -2.98. The van der Waals surface area contributed by atoms with Crippen molar-refractivity contribution in [2.75, 3.05) is 26.3 Å². The van der Waals surface area contributed by atoms with E-state index < -0.39 is 6.61 Å². The zero-order valence-corrected chi connectivity index (χ0v) is 16.5. The lowest BCUT2D eigenvalue weighted by atomic mass is 10.1. The molecule has 0 fully saturated rings. The fourth-order valence-corrected chi connectivity index (χ4v) is 3.17. The van der Waals surface area contributed by atoms with Crippen LogP contribution in [0.1, 0.15) is 25.3 Å². The Labute approximate surface area is 167 Å². The van der Waals surface area contributed by atoms with Crippen LogP contribution in [0.15, 0.2) is 28.8 Å². The van der Waals surface area contributed by atoms with Crippen LogP contribution >= 0.6 is 23.2 Å². The fourth-order valence-electron chi connectivity index (χ4n) is 2.59. The number of alkyl halides is 2. The Balaban J connectivity index is 2.03. The molecule has 150 valence electrons. The van der Waals surface area contributed by atoms with Crippen LogP contribution in [0.4, 0.5) is 8.78 Å². The van der Waals surface area contributed by atoms with Crippen LogP contribution in [-0.4, -0.2) is 38.9 Å². The second-order valence-corrected chi connectivity index (χ2v) is 6.66. The van der Waals surface area contributed by atoms with Crippen LogP contribution in [-0.2, 0) is 11.3 Å². The van der Waals surface area contributed by atoms with Gasteiger partial charge < -0.3 is 20.1 Å². The number of ether oxygens (including phenoxy) is 2. The third-order valence-electron chi connectivity index (χ3n) is 3.84. The van der Waals surface area contributed by atoms with Crippen LogP contribution < -0.4 is 15.4 Å². The molecule has 5 nitrogen and oxygen atoms in total. The Morgan fingerprint density at radius 1 is 1.33 bits per heavy atom. The molecule has 0 saturated heterocycles. The Bertz CT molecular complexity index is 685. The van der Waals surface area contributed by atoms with Crippen LogP contribution in [0.5, 0.6) is 5.75 Å². The third-order valence-corrected chi connectivity index (χ3v) is 4.34.